The Morgan fingerprint density at radius 3 is 2.97 bits per heavy atom. The van der Waals surface area contributed by atoms with E-state index in [9.17, 15) is 9.90 Å². The molecule has 0 aliphatic heterocycles. The Labute approximate surface area is 181 Å². The number of fused-ring (bicyclic) bond motifs is 1. The van der Waals surface area contributed by atoms with Crippen molar-refractivity contribution in [3.8, 4) is 5.88 Å². The highest BCUT2D eigenvalue weighted by atomic mass is 35.5. The fourth-order valence-electron chi connectivity index (χ4n) is 3.32. The molecule has 0 unspecified atom stereocenters. The molecule has 4 N–H and O–H groups in total. The Balaban J connectivity index is 1.59. The molecule has 10 heteroatoms. The highest BCUT2D eigenvalue weighted by Gasteiger charge is 2.20. The lowest BCUT2D eigenvalue weighted by molar-refractivity contribution is 0.454. The molecule has 1 aliphatic carbocycles. The number of H-pyrrole nitrogens is 2. The maximum absolute atomic E-state index is 11.4. The van der Waals surface area contributed by atoms with E-state index in [1.165, 1.54) is 0 Å². The zero-order chi connectivity index (χ0) is 21.5. The molecule has 1 fully saturated rings. The minimum Gasteiger partial charge on any atom is -0.493 e. The number of nitrogens with one attached hydrogen (secondary N) is 3. The summed E-state index contributed by atoms with van der Waals surface area (Å²) >= 11 is 6.24. The van der Waals surface area contributed by atoms with Crippen molar-refractivity contribution < 1.29 is 5.11 Å². The molecule has 4 aromatic rings. The number of aromatic nitrogens is 5. The van der Waals surface area contributed by atoms with Crippen LogP contribution < -0.4 is 21.7 Å². The third-order valence-electron chi connectivity index (χ3n) is 5.22. The molecule has 0 saturated heterocycles. The molecule has 0 amide bonds. The van der Waals surface area contributed by atoms with Gasteiger partial charge in [-0.2, -0.15) is 9.61 Å². The smallest absolute Gasteiger partial charge is 0.326 e. The van der Waals surface area contributed by atoms with E-state index < -0.39 is 5.69 Å². The number of hydrogen-bond acceptors (Lipinski definition) is 6. The van der Waals surface area contributed by atoms with Crippen LogP contribution in [0.5, 0.6) is 5.88 Å². The molecule has 0 bridgehead atoms. The van der Waals surface area contributed by atoms with Crippen LogP contribution in [0.1, 0.15) is 29.7 Å². The van der Waals surface area contributed by atoms with Crippen LogP contribution in [0.25, 0.3) is 11.7 Å². The first-order chi connectivity index (χ1) is 15.0. The molecule has 1 aliphatic rings. The molecule has 3 aromatic heterocycles. The van der Waals surface area contributed by atoms with Gasteiger partial charge in [-0.05, 0) is 43.0 Å². The van der Waals surface area contributed by atoms with E-state index in [1.54, 1.807) is 16.8 Å². The van der Waals surface area contributed by atoms with Crippen molar-refractivity contribution >= 4 is 29.1 Å². The predicted molar refractivity (Wildman–Crippen MR) is 117 cm³/mol. The summed E-state index contributed by atoms with van der Waals surface area (Å²) in [5, 5.41) is 19.0. The van der Waals surface area contributed by atoms with Crippen molar-refractivity contribution in [1.82, 2.24) is 24.6 Å². The number of aromatic amines is 2. The van der Waals surface area contributed by atoms with E-state index in [2.05, 4.69) is 20.4 Å². The highest BCUT2D eigenvalue weighted by Crippen LogP contribution is 2.23. The predicted octanol–water partition coefficient (Wildman–Crippen LogP) is 1.64. The van der Waals surface area contributed by atoms with Crippen LogP contribution in [-0.4, -0.2) is 35.7 Å². The van der Waals surface area contributed by atoms with Crippen molar-refractivity contribution in [3.63, 3.8) is 0 Å². The first-order valence-electron chi connectivity index (χ1n) is 9.91. The van der Waals surface area contributed by atoms with Gasteiger partial charge in [0.1, 0.15) is 11.5 Å². The average molecular weight is 438 g/mol. The highest BCUT2D eigenvalue weighted by molar-refractivity contribution is 6.31. The van der Waals surface area contributed by atoms with Crippen LogP contribution in [0, 0.1) is 6.92 Å². The monoisotopic (exact) mass is 437 g/mol. The zero-order valence-corrected chi connectivity index (χ0v) is 17.4. The second kappa shape index (κ2) is 7.59. The second-order valence-electron chi connectivity index (χ2n) is 7.56. The van der Waals surface area contributed by atoms with Gasteiger partial charge in [0.15, 0.2) is 11.1 Å². The molecule has 31 heavy (non-hydrogen) atoms. The summed E-state index contributed by atoms with van der Waals surface area (Å²) in [5.74, 6) is 0.408. The first-order valence-corrected chi connectivity index (χ1v) is 10.3. The lowest BCUT2D eigenvalue weighted by Crippen LogP contribution is -2.20. The van der Waals surface area contributed by atoms with Crippen LogP contribution >= 0.6 is 11.6 Å². The normalized spacial score (nSPS) is 15.2. The van der Waals surface area contributed by atoms with Gasteiger partial charge in [0.25, 0.3) is 0 Å². The topological polar surface area (TPSA) is 123 Å². The molecule has 0 radical (unpaired) electrons. The molecule has 0 spiro atoms. The molecule has 9 nitrogen and oxygen atoms in total. The molecule has 1 saturated carbocycles. The number of halogens is 1. The third kappa shape index (κ3) is 3.91. The second-order valence-corrected chi connectivity index (χ2v) is 7.97. The first kappa shape index (κ1) is 19.4. The molecular weight excluding hydrogens is 418 g/mol. The number of imidazole rings is 1. The van der Waals surface area contributed by atoms with Crippen LogP contribution in [0.15, 0.2) is 40.2 Å². The number of benzene rings is 1. The van der Waals surface area contributed by atoms with Crippen molar-refractivity contribution in [2.24, 2.45) is 4.99 Å². The molecule has 5 rings (SSSR count). The standard InChI is InChI=1S/C21H20ClN7O2/c1-11-12(3-2-4-15(11)22)9-23-17-8-18(25-14-5-6-14)29-19(27-17)13(10-24-29)7-16-20(30)28-21(31)26-16/h2-4,7-8,10,14,23,30H,5-6,9H2,1H3,(H2,26,28,31)/b13-7-,25-18?. The summed E-state index contributed by atoms with van der Waals surface area (Å²) in [6.45, 7) is 2.54. The Morgan fingerprint density at radius 2 is 2.23 bits per heavy atom. The van der Waals surface area contributed by atoms with Gasteiger partial charge < -0.3 is 15.4 Å². The van der Waals surface area contributed by atoms with Gasteiger partial charge in [-0.3, -0.25) is 9.98 Å². The fourth-order valence-corrected chi connectivity index (χ4v) is 3.51. The van der Waals surface area contributed by atoms with Gasteiger partial charge in [0, 0.05) is 22.9 Å². The minimum absolute atomic E-state index is 0.238. The van der Waals surface area contributed by atoms with Gasteiger partial charge in [0.2, 0.25) is 5.88 Å². The van der Waals surface area contributed by atoms with E-state index in [0.29, 0.717) is 34.8 Å². The van der Waals surface area contributed by atoms with Crippen LogP contribution in [0.4, 0.5) is 5.82 Å². The van der Waals surface area contributed by atoms with E-state index in [4.69, 9.17) is 21.6 Å². The van der Waals surface area contributed by atoms with Crippen molar-refractivity contribution in [2.45, 2.75) is 32.4 Å². The Morgan fingerprint density at radius 1 is 1.39 bits per heavy atom. The largest absolute Gasteiger partial charge is 0.493 e. The molecular formula is C21H20ClN7O2. The summed E-state index contributed by atoms with van der Waals surface area (Å²) in [5.41, 5.74) is 3.13. The van der Waals surface area contributed by atoms with Gasteiger partial charge in [0.05, 0.1) is 12.2 Å². The minimum atomic E-state index is -0.489. The molecule has 0 atom stereocenters. The summed E-state index contributed by atoms with van der Waals surface area (Å²) in [7, 11) is 0. The Bertz CT molecular complexity index is 1460. The Hall–Kier alpha value is -3.59. The number of aromatic hydroxyl groups is 1. The van der Waals surface area contributed by atoms with Crippen LogP contribution in [0.3, 0.4) is 0 Å². The van der Waals surface area contributed by atoms with Gasteiger partial charge in [-0.15, -0.1) is 0 Å². The van der Waals surface area contributed by atoms with Crippen LogP contribution in [-0.2, 0) is 6.54 Å². The van der Waals surface area contributed by atoms with E-state index >= 15 is 0 Å². The number of anilines is 1. The van der Waals surface area contributed by atoms with Gasteiger partial charge in [-0.1, -0.05) is 23.7 Å². The van der Waals surface area contributed by atoms with Crippen molar-refractivity contribution in [2.75, 3.05) is 5.32 Å². The zero-order valence-electron chi connectivity index (χ0n) is 16.7. The molecule has 158 valence electrons. The van der Waals surface area contributed by atoms with Crippen molar-refractivity contribution in [1.29, 1.82) is 0 Å². The summed E-state index contributed by atoms with van der Waals surface area (Å²) in [4.78, 5) is 25.8. The lowest BCUT2D eigenvalue weighted by Gasteiger charge is -2.10. The van der Waals surface area contributed by atoms with E-state index in [0.717, 1.165) is 29.0 Å². The van der Waals surface area contributed by atoms with Crippen LogP contribution in [0.2, 0.25) is 5.02 Å². The molecule has 3 heterocycles. The fraction of sp³-hybridized carbons (Fsp3) is 0.238. The van der Waals surface area contributed by atoms with E-state index in [-0.39, 0.29) is 11.6 Å². The quantitative estimate of drug-likeness (QED) is 0.378. The SMILES string of the molecule is Cc1c(Cl)cccc1CNc1cc(=NC2CC2)n2nc/c(=C/c3[nH]c(=O)[nH]c3O)c2n1. The maximum atomic E-state index is 11.4. The third-order valence-corrected chi connectivity index (χ3v) is 5.63. The number of hydrogen-bond donors (Lipinski definition) is 4. The maximum Gasteiger partial charge on any atom is 0.326 e. The summed E-state index contributed by atoms with van der Waals surface area (Å²) in [6.07, 6.45) is 5.37. The average Bonchev–Trinajstić information content (AvgIpc) is 3.37. The van der Waals surface area contributed by atoms with Gasteiger partial charge in [-0.25, -0.2) is 9.78 Å². The molecule has 1 aromatic carbocycles. The van der Waals surface area contributed by atoms with E-state index in [1.807, 2.05) is 31.2 Å². The van der Waals surface area contributed by atoms with Crippen molar-refractivity contribution in [3.05, 3.63) is 73.5 Å². The summed E-state index contributed by atoms with van der Waals surface area (Å²) in [6, 6.07) is 7.98. The summed E-state index contributed by atoms with van der Waals surface area (Å²) < 4.78 is 1.67. The Kier molecular flexibility index (Phi) is 4.74. The lowest BCUT2D eigenvalue weighted by atomic mass is 10.1. The number of rotatable bonds is 5. The van der Waals surface area contributed by atoms with Gasteiger partial charge >= 0.3 is 5.69 Å². The number of nitrogens with zero attached hydrogens (tertiary/aromatic N) is 4.